The van der Waals surface area contributed by atoms with Gasteiger partial charge in [0.25, 0.3) is 0 Å². The Morgan fingerprint density at radius 1 is 1.10 bits per heavy atom. The summed E-state index contributed by atoms with van der Waals surface area (Å²) in [6, 6.07) is 18.4. The zero-order valence-electron chi connectivity index (χ0n) is 16.9. The third-order valence-electron chi connectivity index (χ3n) is 5.09. The molecule has 1 aliphatic heterocycles. The molecular weight excluding hydrogens is 380 g/mol. The van der Waals surface area contributed by atoms with Crippen LogP contribution in [0, 0.1) is 0 Å². The minimum absolute atomic E-state index is 0.00390. The molecule has 0 saturated carbocycles. The molecule has 1 fully saturated rings. The van der Waals surface area contributed by atoms with Crippen LogP contribution in [0.4, 0.5) is 5.69 Å². The molecule has 0 amide bonds. The number of hydrogen-bond donors (Lipinski definition) is 1. The zero-order chi connectivity index (χ0) is 20.4. The van der Waals surface area contributed by atoms with Crippen LogP contribution in [0.2, 0.25) is 0 Å². The molecule has 1 N–H and O–H groups in total. The number of rotatable bonds is 6. The van der Waals surface area contributed by atoms with E-state index in [9.17, 15) is 0 Å². The average Bonchev–Trinajstić information content (AvgIpc) is 3.32. The van der Waals surface area contributed by atoms with Crippen molar-refractivity contribution in [1.82, 2.24) is 14.9 Å². The summed E-state index contributed by atoms with van der Waals surface area (Å²) in [5, 5.41) is 4.21. The van der Waals surface area contributed by atoms with Gasteiger partial charge in [0.2, 0.25) is 0 Å². The molecule has 5 nitrogen and oxygen atoms in total. The molecule has 2 atom stereocenters. The van der Waals surface area contributed by atoms with E-state index in [0.29, 0.717) is 5.11 Å². The van der Waals surface area contributed by atoms with Gasteiger partial charge in [0.15, 0.2) is 5.11 Å². The molecule has 6 heteroatoms. The summed E-state index contributed by atoms with van der Waals surface area (Å²) in [6.45, 7) is 7.11. The van der Waals surface area contributed by atoms with Crippen molar-refractivity contribution in [3.8, 4) is 5.75 Å². The first-order valence-electron chi connectivity index (χ1n) is 10.0. The Balaban J connectivity index is 1.76. The number of nitrogens with one attached hydrogen (secondary N) is 1. The molecular formula is C23H26N4OS. The van der Waals surface area contributed by atoms with E-state index in [1.807, 2.05) is 44.3 Å². The second-order valence-electron chi connectivity index (χ2n) is 7.38. The minimum atomic E-state index is -0.0320. The van der Waals surface area contributed by atoms with Crippen molar-refractivity contribution in [2.24, 2.45) is 0 Å². The molecule has 1 aromatic carbocycles. The summed E-state index contributed by atoms with van der Waals surface area (Å²) in [6.07, 6.45) is 4.09. The predicted molar refractivity (Wildman–Crippen MR) is 120 cm³/mol. The predicted octanol–water partition coefficient (Wildman–Crippen LogP) is 4.87. The maximum atomic E-state index is 5.80. The number of nitrogens with zero attached hydrogens (tertiary/aromatic N) is 3. The third-order valence-corrected chi connectivity index (χ3v) is 5.41. The summed E-state index contributed by atoms with van der Waals surface area (Å²) in [5.74, 6) is 0.858. The highest BCUT2D eigenvalue weighted by atomic mass is 32.1. The normalized spacial score (nSPS) is 18.9. The molecule has 3 aromatic rings. The van der Waals surface area contributed by atoms with Crippen molar-refractivity contribution in [2.75, 3.05) is 4.90 Å². The molecule has 29 heavy (non-hydrogen) atoms. The Hall–Kier alpha value is -2.86. The van der Waals surface area contributed by atoms with Gasteiger partial charge in [-0.3, -0.25) is 4.98 Å². The van der Waals surface area contributed by atoms with Gasteiger partial charge >= 0.3 is 0 Å². The fourth-order valence-electron chi connectivity index (χ4n) is 3.87. The second kappa shape index (κ2) is 8.25. The van der Waals surface area contributed by atoms with Gasteiger partial charge in [-0.2, -0.15) is 0 Å². The van der Waals surface area contributed by atoms with E-state index in [1.165, 1.54) is 5.69 Å². The zero-order valence-corrected chi connectivity index (χ0v) is 17.8. The van der Waals surface area contributed by atoms with Gasteiger partial charge in [-0.05, 0) is 81.5 Å². The fourth-order valence-corrected chi connectivity index (χ4v) is 4.22. The SMILES string of the molecule is CCn1cccc1[C@@H]1[C@H](c2ccccn2)NC(=S)N1c1ccc(OC(C)C)cc1. The number of anilines is 1. The number of pyridine rings is 1. The van der Waals surface area contributed by atoms with Crippen LogP contribution in [-0.4, -0.2) is 20.8 Å². The lowest BCUT2D eigenvalue weighted by Crippen LogP contribution is -2.30. The van der Waals surface area contributed by atoms with E-state index < -0.39 is 0 Å². The number of hydrogen-bond acceptors (Lipinski definition) is 3. The first-order valence-corrected chi connectivity index (χ1v) is 10.4. The highest BCUT2D eigenvalue weighted by Gasteiger charge is 2.41. The highest BCUT2D eigenvalue weighted by Crippen LogP contribution is 2.41. The fraction of sp³-hybridized carbons (Fsp3) is 0.304. The van der Waals surface area contributed by atoms with Crippen molar-refractivity contribution >= 4 is 23.0 Å². The molecule has 0 aliphatic carbocycles. The van der Waals surface area contributed by atoms with Gasteiger partial charge in [-0.25, -0.2) is 0 Å². The van der Waals surface area contributed by atoms with Gasteiger partial charge in [-0.15, -0.1) is 0 Å². The van der Waals surface area contributed by atoms with Gasteiger partial charge in [0.05, 0.1) is 17.8 Å². The maximum absolute atomic E-state index is 5.80. The molecule has 1 saturated heterocycles. The molecule has 3 heterocycles. The van der Waals surface area contributed by atoms with Gasteiger partial charge < -0.3 is 19.5 Å². The van der Waals surface area contributed by atoms with Crippen LogP contribution >= 0.6 is 12.2 Å². The lowest BCUT2D eigenvalue weighted by molar-refractivity contribution is 0.242. The molecule has 4 rings (SSSR count). The third kappa shape index (κ3) is 3.85. The summed E-state index contributed by atoms with van der Waals surface area (Å²) >= 11 is 5.78. The van der Waals surface area contributed by atoms with E-state index in [-0.39, 0.29) is 18.2 Å². The monoisotopic (exact) mass is 406 g/mol. The van der Waals surface area contributed by atoms with Crippen LogP contribution in [0.3, 0.4) is 0 Å². The summed E-state index contributed by atoms with van der Waals surface area (Å²) < 4.78 is 8.07. The summed E-state index contributed by atoms with van der Waals surface area (Å²) in [7, 11) is 0. The molecule has 1 aliphatic rings. The van der Waals surface area contributed by atoms with Crippen LogP contribution in [0.1, 0.15) is 44.2 Å². The van der Waals surface area contributed by atoms with Crippen LogP contribution < -0.4 is 15.0 Å². The summed E-state index contributed by atoms with van der Waals surface area (Å²) in [5.41, 5.74) is 3.22. The smallest absolute Gasteiger partial charge is 0.174 e. The van der Waals surface area contributed by atoms with Crippen molar-refractivity contribution in [1.29, 1.82) is 0 Å². The molecule has 2 aromatic heterocycles. The maximum Gasteiger partial charge on any atom is 0.174 e. The number of aromatic nitrogens is 2. The first kappa shape index (κ1) is 19.5. The van der Waals surface area contributed by atoms with Gasteiger partial charge in [-0.1, -0.05) is 6.07 Å². The van der Waals surface area contributed by atoms with Crippen LogP contribution in [0.15, 0.2) is 67.0 Å². The number of ether oxygens (including phenoxy) is 1. The standard InChI is InChI=1S/C23H26N4OS/c1-4-26-15-7-9-20(26)22-21(19-8-5-6-14-24-19)25-23(29)27(22)17-10-12-18(13-11-17)28-16(2)3/h5-16,21-22H,4H2,1-3H3,(H,25,29)/t21-,22+/m0/s1. The van der Waals surface area contributed by atoms with E-state index in [0.717, 1.165) is 23.7 Å². The topological polar surface area (TPSA) is 42.3 Å². The number of benzene rings is 1. The van der Waals surface area contributed by atoms with Crippen LogP contribution in [-0.2, 0) is 6.54 Å². The lowest BCUT2D eigenvalue weighted by atomic mass is 10.0. The molecule has 0 bridgehead atoms. The van der Waals surface area contributed by atoms with E-state index in [4.69, 9.17) is 17.0 Å². The van der Waals surface area contributed by atoms with E-state index >= 15 is 0 Å². The van der Waals surface area contributed by atoms with E-state index in [2.05, 4.69) is 63.2 Å². The van der Waals surface area contributed by atoms with Crippen LogP contribution in [0.25, 0.3) is 0 Å². The number of aryl methyl sites for hydroxylation is 1. The Labute approximate surface area is 177 Å². The Bertz CT molecular complexity index is 968. The van der Waals surface area contributed by atoms with Crippen molar-refractivity contribution < 1.29 is 4.74 Å². The van der Waals surface area contributed by atoms with Crippen molar-refractivity contribution in [2.45, 2.75) is 45.5 Å². The largest absolute Gasteiger partial charge is 0.491 e. The highest BCUT2D eigenvalue weighted by molar-refractivity contribution is 7.80. The Morgan fingerprint density at radius 2 is 1.90 bits per heavy atom. The van der Waals surface area contributed by atoms with Crippen molar-refractivity contribution in [3.63, 3.8) is 0 Å². The average molecular weight is 407 g/mol. The Morgan fingerprint density at radius 3 is 2.55 bits per heavy atom. The Kier molecular flexibility index (Phi) is 5.53. The summed E-state index contributed by atoms with van der Waals surface area (Å²) in [4.78, 5) is 6.80. The molecule has 0 unspecified atom stereocenters. The second-order valence-corrected chi connectivity index (χ2v) is 7.76. The number of thiocarbonyl (C=S) groups is 1. The quantitative estimate of drug-likeness (QED) is 0.592. The minimum Gasteiger partial charge on any atom is -0.491 e. The van der Waals surface area contributed by atoms with E-state index in [1.54, 1.807) is 0 Å². The van der Waals surface area contributed by atoms with Crippen LogP contribution in [0.5, 0.6) is 5.75 Å². The first-order chi connectivity index (χ1) is 14.1. The molecule has 0 spiro atoms. The van der Waals surface area contributed by atoms with Crippen molar-refractivity contribution in [3.05, 3.63) is 78.4 Å². The lowest BCUT2D eigenvalue weighted by Gasteiger charge is -2.29. The van der Waals surface area contributed by atoms with Gasteiger partial charge in [0.1, 0.15) is 11.8 Å². The molecule has 0 radical (unpaired) electrons. The van der Waals surface area contributed by atoms with Gasteiger partial charge in [0, 0.05) is 30.3 Å². The molecule has 150 valence electrons.